The van der Waals surface area contributed by atoms with Gasteiger partial charge in [-0.1, -0.05) is 60.7 Å². The predicted molar refractivity (Wildman–Crippen MR) is 80.5 cm³/mol. The molecule has 0 fully saturated rings. The first-order chi connectivity index (χ1) is 10.3. The Morgan fingerprint density at radius 1 is 1.05 bits per heavy atom. The first-order valence-electron chi connectivity index (χ1n) is 6.94. The Hall–Kier alpha value is -2.60. The van der Waals surface area contributed by atoms with E-state index in [2.05, 4.69) is 6.07 Å². The Balaban J connectivity index is 2.46. The average molecular weight is 279 g/mol. The molecule has 0 radical (unpaired) electrons. The van der Waals surface area contributed by atoms with Gasteiger partial charge in [0.1, 0.15) is 0 Å². The van der Waals surface area contributed by atoms with Gasteiger partial charge in [0, 0.05) is 5.92 Å². The third-order valence-corrected chi connectivity index (χ3v) is 3.33. The number of rotatable bonds is 5. The summed E-state index contributed by atoms with van der Waals surface area (Å²) >= 11 is 0. The highest BCUT2D eigenvalue weighted by Crippen LogP contribution is 2.32. The molecule has 3 nitrogen and oxygen atoms in total. The molecule has 0 N–H and O–H groups in total. The van der Waals surface area contributed by atoms with E-state index in [9.17, 15) is 10.1 Å². The van der Waals surface area contributed by atoms with E-state index in [1.165, 1.54) is 0 Å². The van der Waals surface area contributed by atoms with Gasteiger partial charge in [-0.25, -0.2) is 0 Å². The minimum atomic E-state index is -0.852. The summed E-state index contributed by atoms with van der Waals surface area (Å²) in [5, 5.41) is 9.47. The molecule has 0 saturated heterocycles. The lowest BCUT2D eigenvalue weighted by Gasteiger charge is -2.21. The van der Waals surface area contributed by atoms with Crippen LogP contribution < -0.4 is 0 Å². The Morgan fingerprint density at radius 3 is 1.90 bits per heavy atom. The van der Waals surface area contributed by atoms with Crippen molar-refractivity contribution in [2.24, 2.45) is 5.92 Å². The fourth-order valence-electron chi connectivity index (χ4n) is 2.39. The maximum atomic E-state index is 12.1. The Morgan fingerprint density at radius 2 is 1.52 bits per heavy atom. The molecule has 0 aromatic heterocycles. The van der Waals surface area contributed by atoms with E-state index in [-0.39, 0.29) is 12.5 Å². The summed E-state index contributed by atoms with van der Waals surface area (Å²) in [4.78, 5) is 12.1. The van der Waals surface area contributed by atoms with E-state index >= 15 is 0 Å². The van der Waals surface area contributed by atoms with Crippen LogP contribution in [-0.4, -0.2) is 12.6 Å². The van der Waals surface area contributed by atoms with Crippen LogP contribution in [0.25, 0.3) is 0 Å². The number of nitriles is 1. The third-order valence-electron chi connectivity index (χ3n) is 3.33. The van der Waals surface area contributed by atoms with E-state index in [0.717, 1.165) is 11.1 Å². The van der Waals surface area contributed by atoms with Gasteiger partial charge in [0.15, 0.2) is 5.92 Å². The number of nitrogens with zero attached hydrogens (tertiary/aromatic N) is 1. The van der Waals surface area contributed by atoms with E-state index < -0.39 is 11.9 Å². The number of benzene rings is 2. The van der Waals surface area contributed by atoms with Crippen LogP contribution in [0.5, 0.6) is 0 Å². The molecular weight excluding hydrogens is 262 g/mol. The van der Waals surface area contributed by atoms with E-state index in [0.29, 0.717) is 0 Å². The zero-order chi connectivity index (χ0) is 15.1. The second-order valence-corrected chi connectivity index (χ2v) is 4.66. The maximum Gasteiger partial charge on any atom is 0.324 e. The zero-order valence-corrected chi connectivity index (χ0v) is 11.9. The van der Waals surface area contributed by atoms with Crippen molar-refractivity contribution >= 4 is 5.97 Å². The van der Waals surface area contributed by atoms with Crippen LogP contribution in [0.2, 0.25) is 0 Å². The van der Waals surface area contributed by atoms with Crippen LogP contribution in [-0.2, 0) is 9.53 Å². The summed E-state index contributed by atoms with van der Waals surface area (Å²) in [6.07, 6.45) is 0. The van der Waals surface area contributed by atoms with E-state index in [4.69, 9.17) is 4.74 Å². The van der Waals surface area contributed by atoms with Crippen molar-refractivity contribution in [2.75, 3.05) is 6.61 Å². The first kappa shape index (κ1) is 14.8. The third kappa shape index (κ3) is 3.49. The molecule has 0 aliphatic rings. The number of hydrogen-bond donors (Lipinski definition) is 0. The van der Waals surface area contributed by atoms with Crippen molar-refractivity contribution in [3.63, 3.8) is 0 Å². The highest BCUT2D eigenvalue weighted by Gasteiger charge is 2.32. The number of ether oxygens (including phenoxy) is 1. The van der Waals surface area contributed by atoms with Crippen molar-refractivity contribution in [3.05, 3.63) is 71.8 Å². The summed E-state index contributed by atoms with van der Waals surface area (Å²) in [5.74, 6) is -1.65. The topological polar surface area (TPSA) is 50.1 Å². The summed E-state index contributed by atoms with van der Waals surface area (Å²) < 4.78 is 5.06. The minimum absolute atomic E-state index is 0.271. The lowest BCUT2D eigenvalue weighted by atomic mass is 9.81. The second-order valence-electron chi connectivity index (χ2n) is 4.66. The number of esters is 1. The molecule has 0 amide bonds. The number of carbonyl (C=O) groups is 1. The van der Waals surface area contributed by atoms with Gasteiger partial charge in [-0.3, -0.25) is 4.79 Å². The van der Waals surface area contributed by atoms with Gasteiger partial charge in [0.25, 0.3) is 0 Å². The lowest BCUT2D eigenvalue weighted by molar-refractivity contribution is -0.146. The monoisotopic (exact) mass is 279 g/mol. The average Bonchev–Trinajstić information content (AvgIpc) is 2.54. The molecular formula is C18H17NO2. The molecule has 0 aliphatic carbocycles. The van der Waals surface area contributed by atoms with Gasteiger partial charge >= 0.3 is 5.97 Å². The van der Waals surface area contributed by atoms with Crippen molar-refractivity contribution < 1.29 is 9.53 Å². The van der Waals surface area contributed by atoms with Gasteiger partial charge in [0.05, 0.1) is 12.7 Å². The van der Waals surface area contributed by atoms with Crippen LogP contribution in [0.1, 0.15) is 24.0 Å². The largest absolute Gasteiger partial charge is 0.465 e. The van der Waals surface area contributed by atoms with Gasteiger partial charge in [-0.15, -0.1) is 0 Å². The number of carbonyl (C=O) groups excluding carboxylic acids is 1. The molecule has 3 heteroatoms. The fraction of sp³-hybridized carbons (Fsp3) is 0.222. The van der Waals surface area contributed by atoms with Gasteiger partial charge < -0.3 is 4.74 Å². The lowest BCUT2D eigenvalue weighted by Crippen LogP contribution is -2.24. The van der Waals surface area contributed by atoms with Gasteiger partial charge in [0.2, 0.25) is 0 Å². The molecule has 2 aromatic carbocycles. The molecule has 0 bridgehead atoms. The summed E-state index contributed by atoms with van der Waals surface area (Å²) in [5.41, 5.74) is 1.87. The van der Waals surface area contributed by atoms with E-state index in [1.807, 2.05) is 60.7 Å². The smallest absolute Gasteiger partial charge is 0.324 e. The molecule has 0 heterocycles. The summed E-state index contributed by atoms with van der Waals surface area (Å²) in [7, 11) is 0. The van der Waals surface area contributed by atoms with Crippen molar-refractivity contribution in [1.82, 2.24) is 0 Å². The van der Waals surface area contributed by atoms with Crippen LogP contribution >= 0.6 is 0 Å². The fourth-order valence-corrected chi connectivity index (χ4v) is 2.39. The molecule has 2 aromatic rings. The van der Waals surface area contributed by atoms with E-state index in [1.54, 1.807) is 6.92 Å². The molecule has 21 heavy (non-hydrogen) atoms. The van der Waals surface area contributed by atoms with Crippen molar-refractivity contribution in [3.8, 4) is 6.07 Å². The molecule has 1 atom stereocenters. The molecule has 0 aliphatic heterocycles. The summed E-state index contributed by atoms with van der Waals surface area (Å²) in [6.45, 7) is 2.01. The molecule has 2 rings (SSSR count). The van der Waals surface area contributed by atoms with Gasteiger partial charge in [-0.05, 0) is 18.1 Å². The first-order valence-corrected chi connectivity index (χ1v) is 6.94. The standard InChI is InChI=1S/C18H17NO2/c1-2-21-18(20)16(13-19)17(14-9-5-3-6-10-14)15-11-7-4-8-12-15/h3-12,16-17H,2H2,1H3. The SMILES string of the molecule is CCOC(=O)C(C#N)C(c1ccccc1)c1ccccc1. The molecule has 106 valence electrons. The Labute approximate surface area is 124 Å². The Bertz CT molecular complexity index is 577. The van der Waals surface area contributed by atoms with Crippen molar-refractivity contribution in [2.45, 2.75) is 12.8 Å². The highest BCUT2D eigenvalue weighted by molar-refractivity contribution is 5.77. The molecule has 0 saturated carbocycles. The maximum absolute atomic E-state index is 12.1. The van der Waals surface area contributed by atoms with Gasteiger partial charge in [-0.2, -0.15) is 5.26 Å². The zero-order valence-electron chi connectivity index (χ0n) is 11.9. The number of hydrogen-bond acceptors (Lipinski definition) is 3. The van der Waals surface area contributed by atoms with Crippen molar-refractivity contribution in [1.29, 1.82) is 5.26 Å². The molecule has 1 unspecified atom stereocenters. The predicted octanol–water partition coefficient (Wildman–Crippen LogP) is 3.52. The minimum Gasteiger partial charge on any atom is -0.465 e. The van der Waals surface area contributed by atoms with Crippen LogP contribution in [0.3, 0.4) is 0 Å². The Kier molecular flexibility index (Phi) is 5.11. The molecule has 0 spiro atoms. The normalized spacial score (nSPS) is 11.7. The van der Waals surface area contributed by atoms with Crippen LogP contribution in [0.15, 0.2) is 60.7 Å². The summed E-state index contributed by atoms with van der Waals surface area (Å²) in [6, 6.07) is 21.3. The highest BCUT2D eigenvalue weighted by atomic mass is 16.5. The quantitative estimate of drug-likeness (QED) is 0.787. The second kappa shape index (κ2) is 7.25. The van der Waals surface area contributed by atoms with Crippen LogP contribution in [0.4, 0.5) is 0 Å². The van der Waals surface area contributed by atoms with Crippen LogP contribution in [0, 0.1) is 17.2 Å².